The number of thiocarbonyl (C=S) groups is 1. The minimum absolute atomic E-state index is 0.432. The second-order valence-electron chi connectivity index (χ2n) is 6.20. The van der Waals surface area contributed by atoms with Crippen LogP contribution in [0, 0.1) is 5.41 Å². The maximum atomic E-state index is 5.71. The summed E-state index contributed by atoms with van der Waals surface area (Å²) < 4.78 is 0. The van der Waals surface area contributed by atoms with Crippen LogP contribution >= 0.6 is 12.2 Å². The van der Waals surface area contributed by atoms with E-state index in [-0.39, 0.29) is 0 Å². The van der Waals surface area contributed by atoms with Gasteiger partial charge < -0.3 is 5.73 Å². The van der Waals surface area contributed by atoms with Crippen LogP contribution in [0.4, 0.5) is 0 Å². The van der Waals surface area contributed by atoms with E-state index in [2.05, 4.69) is 30.7 Å². The Hall–Kier alpha value is -0.190. The van der Waals surface area contributed by atoms with Crippen LogP contribution in [0.1, 0.15) is 33.1 Å². The summed E-state index contributed by atoms with van der Waals surface area (Å²) in [7, 11) is 2.23. The van der Waals surface area contributed by atoms with E-state index in [1.54, 1.807) is 0 Å². The molecule has 1 saturated carbocycles. The molecule has 2 aliphatic rings. The highest BCUT2D eigenvalue weighted by Crippen LogP contribution is 2.49. The molecular formula is C13H25N3S. The van der Waals surface area contributed by atoms with E-state index in [9.17, 15) is 0 Å². The highest BCUT2D eigenvalue weighted by Gasteiger charge is 2.45. The predicted molar refractivity (Wildman–Crippen MR) is 76.2 cm³/mol. The molecule has 2 fully saturated rings. The van der Waals surface area contributed by atoms with Crippen molar-refractivity contribution >= 4 is 17.2 Å². The van der Waals surface area contributed by atoms with E-state index < -0.39 is 0 Å². The molecule has 1 saturated heterocycles. The quantitative estimate of drug-likeness (QED) is 0.771. The molecule has 1 aliphatic carbocycles. The number of hydrogen-bond acceptors (Lipinski definition) is 3. The van der Waals surface area contributed by atoms with Gasteiger partial charge >= 0.3 is 0 Å². The van der Waals surface area contributed by atoms with E-state index in [4.69, 9.17) is 18.0 Å². The fourth-order valence-corrected chi connectivity index (χ4v) is 3.36. The molecule has 0 aromatic carbocycles. The molecule has 17 heavy (non-hydrogen) atoms. The minimum Gasteiger partial charge on any atom is -0.393 e. The van der Waals surface area contributed by atoms with Gasteiger partial charge in [0.25, 0.3) is 0 Å². The number of nitrogens with zero attached hydrogens (tertiary/aromatic N) is 2. The van der Waals surface area contributed by atoms with Crippen molar-refractivity contribution in [1.82, 2.24) is 9.80 Å². The maximum absolute atomic E-state index is 5.71. The number of nitrogens with two attached hydrogens (primary N) is 1. The van der Waals surface area contributed by atoms with Gasteiger partial charge in [0.05, 0.1) is 4.99 Å². The molecule has 2 unspecified atom stereocenters. The number of rotatable bonds is 4. The van der Waals surface area contributed by atoms with Crippen molar-refractivity contribution in [2.24, 2.45) is 11.1 Å². The highest BCUT2D eigenvalue weighted by atomic mass is 32.1. The zero-order chi connectivity index (χ0) is 12.6. The molecule has 98 valence electrons. The van der Waals surface area contributed by atoms with E-state index >= 15 is 0 Å². The lowest BCUT2D eigenvalue weighted by Crippen LogP contribution is -2.56. The van der Waals surface area contributed by atoms with E-state index in [1.165, 1.54) is 32.5 Å². The monoisotopic (exact) mass is 255 g/mol. The van der Waals surface area contributed by atoms with Gasteiger partial charge in [-0.25, -0.2) is 0 Å². The van der Waals surface area contributed by atoms with Gasteiger partial charge in [0.1, 0.15) is 0 Å². The van der Waals surface area contributed by atoms with Gasteiger partial charge in [-0.2, -0.15) is 0 Å². The van der Waals surface area contributed by atoms with Crippen molar-refractivity contribution in [3.05, 3.63) is 0 Å². The van der Waals surface area contributed by atoms with Gasteiger partial charge in [-0.1, -0.05) is 12.2 Å². The summed E-state index contributed by atoms with van der Waals surface area (Å²) >= 11 is 5.07. The zero-order valence-corrected chi connectivity index (χ0v) is 12.1. The van der Waals surface area contributed by atoms with Crippen LogP contribution in [0.2, 0.25) is 0 Å². The van der Waals surface area contributed by atoms with Crippen molar-refractivity contribution in [3.63, 3.8) is 0 Å². The van der Waals surface area contributed by atoms with Crippen LogP contribution in [0.5, 0.6) is 0 Å². The molecule has 2 N–H and O–H groups in total. The van der Waals surface area contributed by atoms with Crippen LogP contribution in [-0.4, -0.2) is 53.6 Å². The summed E-state index contributed by atoms with van der Waals surface area (Å²) in [5, 5.41) is 0. The van der Waals surface area contributed by atoms with Gasteiger partial charge in [-0.05, 0) is 39.2 Å². The first-order valence-corrected chi connectivity index (χ1v) is 7.05. The lowest BCUT2D eigenvalue weighted by molar-refractivity contribution is 0.0484. The molecule has 2 atom stereocenters. The van der Waals surface area contributed by atoms with Gasteiger partial charge in [-0.15, -0.1) is 0 Å². The molecule has 0 aromatic rings. The first kappa shape index (κ1) is 13.2. The number of piperazine rings is 1. The Kier molecular flexibility index (Phi) is 3.76. The Morgan fingerprint density at radius 2 is 1.82 bits per heavy atom. The normalized spacial score (nSPS) is 33.6. The Morgan fingerprint density at radius 1 is 1.29 bits per heavy atom. The largest absolute Gasteiger partial charge is 0.393 e. The maximum Gasteiger partial charge on any atom is 0.0733 e. The van der Waals surface area contributed by atoms with Crippen molar-refractivity contribution < 1.29 is 0 Å². The second kappa shape index (κ2) is 4.82. The Morgan fingerprint density at radius 3 is 2.24 bits per heavy atom. The SMILES string of the molecule is CC1CN(CC2(CC(N)=S)CC2)CC(C)N1C. The predicted octanol–water partition coefficient (Wildman–Crippen LogP) is 1.47. The molecule has 0 amide bonds. The van der Waals surface area contributed by atoms with E-state index in [0.717, 1.165) is 6.42 Å². The van der Waals surface area contributed by atoms with Crippen molar-refractivity contribution in [2.45, 2.75) is 45.2 Å². The summed E-state index contributed by atoms with van der Waals surface area (Å²) in [6.07, 6.45) is 3.55. The Balaban J connectivity index is 1.89. The van der Waals surface area contributed by atoms with Gasteiger partial charge in [-0.3, -0.25) is 9.80 Å². The van der Waals surface area contributed by atoms with Crippen LogP contribution < -0.4 is 5.73 Å². The first-order chi connectivity index (χ1) is 7.92. The van der Waals surface area contributed by atoms with Gasteiger partial charge in [0.2, 0.25) is 0 Å². The van der Waals surface area contributed by atoms with Crippen LogP contribution in [0.15, 0.2) is 0 Å². The zero-order valence-electron chi connectivity index (χ0n) is 11.3. The average Bonchev–Trinajstić information content (AvgIpc) is 2.92. The topological polar surface area (TPSA) is 32.5 Å². The van der Waals surface area contributed by atoms with Crippen molar-refractivity contribution in [1.29, 1.82) is 0 Å². The van der Waals surface area contributed by atoms with E-state index in [1.807, 2.05) is 0 Å². The van der Waals surface area contributed by atoms with Crippen molar-refractivity contribution in [3.8, 4) is 0 Å². The van der Waals surface area contributed by atoms with E-state index in [0.29, 0.717) is 22.5 Å². The summed E-state index contributed by atoms with van der Waals surface area (Å²) in [6.45, 7) is 8.18. The molecule has 0 aromatic heterocycles. The lowest BCUT2D eigenvalue weighted by atomic mass is 9.99. The fourth-order valence-electron chi connectivity index (χ4n) is 3.05. The Labute approximate surface area is 110 Å². The summed E-state index contributed by atoms with van der Waals surface area (Å²) in [5.41, 5.74) is 6.14. The molecule has 0 spiro atoms. The van der Waals surface area contributed by atoms with Crippen LogP contribution in [0.25, 0.3) is 0 Å². The van der Waals surface area contributed by atoms with Gasteiger partial charge in [0.15, 0.2) is 0 Å². The molecule has 0 bridgehead atoms. The standard InChI is InChI=1S/C13H25N3S/c1-10-7-16(8-11(2)15(10)3)9-13(4-5-13)6-12(14)17/h10-11H,4-9H2,1-3H3,(H2,14,17). The van der Waals surface area contributed by atoms with Crippen LogP contribution in [0.3, 0.4) is 0 Å². The smallest absolute Gasteiger partial charge is 0.0733 e. The number of likely N-dealkylation sites (N-methyl/N-ethyl adjacent to an activating group) is 1. The Bertz CT molecular complexity index is 289. The minimum atomic E-state index is 0.432. The summed E-state index contributed by atoms with van der Waals surface area (Å²) in [6, 6.07) is 1.30. The third-order valence-electron chi connectivity index (χ3n) is 4.50. The van der Waals surface area contributed by atoms with Crippen molar-refractivity contribution in [2.75, 3.05) is 26.7 Å². The molecular weight excluding hydrogens is 230 g/mol. The summed E-state index contributed by atoms with van der Waals surface area (Å²) in [5.74, 6) is 0. The highest BCUT2D eigenvalue weighted by molar-refractivity contribution is 7.80. The molecule has 2 rings (SSSR count). The first-order valence-electron chi connectivity index (χ1n) is 6.64. The third-order valence-corrected chi connectivity index (χ3v) is 4.65. The molecule has 3 nitrogen and oxygen atoms in total. The number of hydrogen-bond donors (Lipinski definition) is 1. The summed E-state index contributed by atoms with van der Waals surface area (Å²) in [4.78, 5) is 5.78. The third kappa shape index (κ3) is 3.18. The lowest BCUT2D eigenvalue weighted by Gasteiger charge is -2.43. The fraction of sp³-hybridized carbons (Fsp3) is 0.923. The average molecular weight is 255 g/mol. The second-order valence-corrected chi connectivity index (χ2v) is 6.73. The van der Waals surface area contributed by atoms with Crippen LogP contribution in [-0.2, 0) is 0 Å². The van der Waals surface area contributed by atoms with Gasteiger partial charge in [0, 0.05) is 38.1 Å². The molecule has 1 heterocycles. The molecule has 1 aliphatic heterocycles. The molecule has 0 radical (unpaired) electrons. The molecule has 4 heteroatoms.